The minimum Gasteiger partial charge on any atom is -0.385 e. The molecule has 0 radical (unpaired) electrons. The Morgan fingerprint density at radius 1 is 1.04 bits per heavy atom. The third-order valence-electron chi connectivity index (χ3n) is 4.97. The zero-order chi connectivity index (χ0) is 16.8. The van der Waals surface area contributed by atoms with Gasteiger partial charge in [0, 0.05) is 5.92 Å². The maximum Gasteiger partial charge on any atom is 0.113 e. The van der Waals surface area contributed by atoms with Crippen molar-refractivity contribution in [3.05, 3.63) is 48.1 Å². The topological polar surface area (TPSA) is 61.8 Å². The first-order valence-electron chi connectivity index (χ1n) is 9.12. The van der Waals surface area contributed by atoms with Crippen molar-refractivity contribution in [2.45, 2.75) is 63.4 Å². The van der Waals surface area contributed by atoms with Crippen LogP contribution in [0.3, 0.4) is 0 Å². The van der Waals surface area contributed by atoms with Crippen molar-refractivity contribution < 1.29 is 5.11 Å². The number of nitrogens with zero attached hydrogens (tertiary/aromatic N) is 2. The molecule has 0 amide bonds. The summed E-state index contributed by atoms with van der Waals surface area (Å²) in [5, 5.41) is 22.1. The number of unbranched alkanes of at least 4 members (excludes halogenated alkanes) is 5. The average molecular weight is 325 g/mol. The summed E-state index contributed by atoms with van der Waals surface area (Å²) in [5.41, 5.74) is 1.98. The SMILES string of the molecule is CCCCCCCCC1(O)C=CC=CC1c1ccc2n[nH]nc2c1. The summed E-state index contributed by atoms with van der Waals surface area (Å²) in [6.45, 7) is 2.23. The second-order valence-electron chi connectivity index (χ2n) is 6.80. The molecule has 2 atom stereocenters. The van der Waals surface area contributed by atoms with Crippen LogP contribution in [0.15, 0.2) is 42.5 Å². The first-order chi connectivity index (χ1) is 11.7. The Morgan fingerprint density at radius 2 is 1.83 bits per heavy atom. The zero-order valence-corrected chi connectivity index (χ0v) is 14.4. The van der Waals surface area contributed by atoms with Gasteiger partial charge >= 0.3 is 0 Å². The molecule has 1 aliphatic rings. The molecule has 128 valence electrons. The molecule has 24 heavy (non-hydrogen) atoms. The third kappa shape index (κ3) is 3.75. The highest BCUT2D eigenvalue weighted by Gasteiger charge is 2.34. The molecule has 1 aromatic heterocycles. The Kier molecular flexibility index (Phi) is 5.46. The van der Waals surface area contributed by atoms with E-state index < -0.39 is 5.60 Å². The normalized spacial score (nSPS) is 23.2. The molecule has 0 aliphatic heterocycles. The average Bonchev–Trinajstić information content (AvgIpc) is 3.06. The van der Waals surface area contributed by atoms with Crippen LogP contribution in [-0.2, 0) is 0 Å². The molecule has 0 spiro atoms. The van der Waals surface area contributed by atoms with Gasteiger partial charge in [0.1, 0.15) is 11.0 Å². The van der Waals surface area contributed by atoms with Crippen molar-refractivity contribution in [3.8, 4) is 0 Å². The zero-order valence-electron chi connectivity index (χ0n) is 14.4. The summed E-state index contributed by atoms with van der Waals surface area (Å²) in [4.78, 5) is 0. The van der Waals surface area contributed by atoms with E-state index in [1.165, 1.54) is 32.1 Å². The van der Waals surface area contributed by atoms with Crippen molar-refractivity contribution in [2.75, 3.05) is 0 Å². The quantitative estimate of drug-likeness (QED) is 0.694. The largest absolute Gasteiger partial charge is 0.385 e. The van der Waals surface area contributed by atoms with Crippen LogP contribution in [0.2, 0.25) is 0 Å². The van der Waals surface area contributed by atoms with E-state index in [-0.39, 0.29) is 5.92 Å². The molecular weight excluding hydrogens is 298 g/mol. The van der Waals surface area contributed by atoms with E-state index in [1.807, 2.05) is 36.4 Å². The Bertz CT molecular complexity index is 718. The molecule has 0 saturated carbocycles. The maximum absolute atomic E-state index is 11.2. The number of hydrogen-bond donors (Lipinski definition) is 2. The van der Waals surface area contributed by atoms with Gasteiger partial charge in [0.2, 0.25) is 0 Å². The first kappa shape index (κ1) is 16.9. The van der Waals surface area contributed by atoms with Crippen LogP contribution in [0.1, 0.15) is 63.4 Å². The molecule has 4 nitrogen and oxygen atoms in total. The van der Waals surface area contributed by atoms with E-state index in [4.69, 9.17) is 0 Å². The predicted octanol–water partition coefficient (Wildman–Crippen LogP) is 4.65. The van der Waals surface area contributed by atoms with Gasteiger partial charge < -0.3 is 5.11 Å². The fourth-order valence-corrected chi connectivity index (χ4v) is 3.55. The number of aromatic nitrogens is 3. The Balaban J connectivity index is 1.68. The van der Waals surface area contributed by atoms with Crippen molar-refractivity contribution in [1.82, 2.24) is 15.4 Å². The van der Waals surface area contributed by atoms with Crippen molar-refractivity contribution in [1.29, 1.82) is 0 Å². The van der Waals surface area contributed by atoms with Gasteiger partial charge in [-0.15, -0.1) is 0 Å². The standard InChI is InChI=1S/C20H27N3O/c1-2-3-4-5-6-8-13-20(24)14-9-7-10-17(20)16-11-12-18-19(15-16)22-23-21-18/h7,9-12,14-15,17,24H,2-6,8,13H2,1H3,(H,21,22,23). The van der Waals surface area contributed by atoms with E-state index in [0.29, 0.717) is 0 Å². The lowest BCUT2D eigenvalue weighted by Gasteiger charge is -2.34. The number of aromatic amines is 1. The monoisotopic (exact) mass is 325 g/mol. The van der Waals surface area contributed by atoms with Crippen LogP contribution in [-0.4, -0.2) is 26.1 Å². The van der Waals surface area contributed by atoms with E-state index in [2.05, 4.69) is 28.4 Å². The van der Waals surface area contributed by atoms with Gasteiger partial charge in [-0.2, -0.15) is 15.4 Å². The molecule has 0 fully saturated rings. The maximum atomic E-state index is 11.2. The number of benzene rings is 1. The predicted molar refractivity (Wildman–Crippen MR) is 97.9 cm³/mol. The van der Waals surface area contributed by atoms with Crippen LogP contribution in [0.5, 0.6) is 0 Å². The second-order valence-corrected chi connectivity index (χ2v) is 6.80. The number of allylic oxidation sites excluding steroid dienone is 2. The molecule has 0 bridgehead atoms. The molecule has 2 N–H and O–H groups in total. The molecule has 3 rings (SSSR count). The minimum atomic E-state index is -0.809. The number of hydrogen-bond acceptors (Lipinski definition) is 3. The summed E-state index contributed by atoms with van der Waals surface area (Å²) < 4.78 is 0. The minimum absolute atomic E-state index is 0.0285. The number of fused-ring (bicyclic) bond motifs is 1. The van der Waals surface area contributed by atoms with Crippen molar-refractivity contribution >= 4 is 11.0 Å². The van der Waals surface area contributed by atoms with Crippen molar-refractivity contribution in [2.24, 2.45) is 0 Å². The number of rotatable bonds is 8. The Labute approximate surface area is 143 Å². The van der Waals surface area contributed by atoms with Gasteiger partial charge in [-0.05, 0) is 24.1 Å². The van der Waals surface area contributed by atoms with Gasteiger partial charge in [-0.3, -0.25) is 0 Å². The second kappa shape index (κ2) is 7.75. The van der Waals surface area contributed by atoms with Crippen LogP contribution in [0.25, 0.3) is 11.0 Å². The molecule has 0 saturated heterocycles. The van der Waals surface area contributed by atoms with E-state index in [9.17, 15) is 5.11 Å². The molecule has 2 unspecified atom stereocenters. The summed E-state index contributed by atoms with van der Waals surface area (Å²) in [6.07, 6.45) is 16.2. The molecule has 2 aromatic rings. The van der Waals surface area contributed by atoms with Gasteiger partial charge in [0.05, 0.1) is 5.60 Å². The molecule has 1 aliphatic carbocycles. The summed E-state index contributed by atoms with van der Waals surface area (Å²) in [7, 11) is 0. The highest BCUT2D eigenvalue weighted by molar-refractivity contribution is 5.74. The summed E-state index contributed by atoms with van der Waals surface area (Å²) in [6, 6.07) is 6.04. The van der Waals surface area contributed by atoms with Gasteiger partial charge in [0.15, 0.2) is 0 Å². The fraction of sp³-hybridized carbons (Fsp3) is 0.500. The van der Waals surface area contributed by atoms with Gasteiger partial charge in [0.25, 0.3) is 0 Å². The van der Waals surface area contributed by atoms with E-state index in [0.717, 1.165) is 29.4 Å². The highest BCUT2D eigenvalue weighted by atomic mass is 16.3. The number of nitrogens with one attached hydrogen (secondary N) is 1. The van der Waals surface area contributed by atoms with Crippen molar-refractivity contribution in [3.63, 3.8) is 0 Å². The summed E-state index contributed by atoms with van der Waals surface area (Å²) >= 11 is 0. The van der Waals surface area contributed by atoms with E-state index >= 15 is 0 Å². The number of H-pyrrole nitrogens is 1. The third-order valence-corrected chi connectivity index (χ3v) is 4.97. The lowest BCUT2D eigenvalue weighted by Crippen LogP contribution is -2.34. The molecule has 1 heterocycles. The Morgan fingerprint density at radius 3 is 2.71 bits per heavy atom. The lowest BCUT2D eigenvalue weighted by atomic mass is 9.76. The van der Waals surface area contributed by atoms with Crippen LogP contribution < -0.4 is 0 Å². The molecule has 1 aromatic carbocycles. The Hall–Kier alpha value is -1.94. The van der Waals surface area contributed by atoms with Crippen LogP contribution >= 0.6 is 0 Å². The molecule has 4 heteroatoms. The van der Waals surface area contributed by atoms with Crippen LogP contribution in [0, 0.1) is 0 Å². The van der Waals surface area contributed by atoms with Gasteiger partial charge in [-0.25, -0.2) is 0 Å². The van der Waals surface area contributed by atoms with E-state index in [1.54, 1.807) is 0 Å². The van der Waals surface area contributed by atoms with Gasteiger partial charge in [-0.1, -0.05) is 75.8 Å². The highest BCUT2D eigenvalue weighted by Crippen LogP contribution is 2.38. The first-order valence-corrected chi connectivity index (χ1v) is 9.12. The van der Waals surface area contributed by atoms with Crippen LogP contribution in [0.4, 0.5) is 0 Å². The lowest BCUT2D eigenvalue weighted by molar-refractivity contribution is 0.0622. The molecular formula is C20H27N3O. The number of aliphatic hydroxyl groups is 1. The summed E-state index contributed by atoms with van der Waals surface area (Å²) in [5.74, 6) is -0.0285. The fourth-order valence-electron chi connectivity index (χ4n) is 3.55. The smallest absolute Gasteiger partial charge is 0.113 e.